The van der Waals surface area contributed by atoms with Gasteiger partial charge >= 0.3 is 0 Å². The molecule has 3 heteroatoms. The predicted octanol–water partition coefficient (Wildman–Crippen LogP) is 2.61. The molecule has 0 saturated carbocycles. The van der Waals surface area contributed by atoms with E-state index in [-0.39, 0.29) is 11.9 Å². The number of hydrogen-bond acceptors (Lipinski definition) is 2. The van der Waals surface area contributed by atoms with E-state index in [2.05, 4.69) is 37.4 Å². The molecule has 3 nitrogen and oxygen atoms in total. The maximum atomic E-state index is 11.9. The molecule has 18 heavy (non-hydrogen) atoms. The van der Waals surface area contributed by atoms with Gasteiger partial charge in [0.15, 0.2) is 0 Å². The number of nitrogens with two attached hydrogens (primary N) is 1. The lowest BCUT2D eigenvalue weighted by Crippen LogP contribution is -2.41. The van der Waals surface area contributed by atoms with E-state index in [1.807, 2.05) is 13.8 Å². The Morgan fingerprint density at radius 3 is 2.33 bits per heavy atom. The topological polar surface area (TPSA) is 55.1 Å². The maximum Gasteiger partial charge on any atom is 0.237 e. The average molecular weight is 248 g/mol. The molecule has 2 unspecified atom stereocenters. The van der Waals surface area contributed by atoms with E-state index >= 15 is 0 Å². The largest absolute Gasteiger partial charge is 0.348 e. The van der Waals surface area contributed by atoms with E-state index in [9.17, 15) is 4.79 Å². The monoisotopic (exact) mass is 248 g/mol. The summed E-state index contributed by atoms with van der Waals surface area (Å²) in [6, 6.07) is 5.93. The van der Waals surface area contributed by atoms with Crippen molar-refractivity contribution in [3.8, 4) is 0 Å². The Bertz CT molecular complexity index is 395. The highest BCUT2D eigenvalue weighted by molar-refractivity contribution is 5.81. The highest BCUT2D eigenvalue weighted by atomic mass is 16.2. The van der Waals surface area contributed by atoms with Gasteiger partial charge in [-0.2, -0.15) is 0 Å². The number of carbonyl (C=O) groups excluding carboxylic acids is 1. The molecule has 0 aliphatic carbocycles. The summed E-state index contributed by atoms with van der Waals surface area (Å²) in [5, 5.41) is 2.97. The highest BCUT2D eigenvalue weighted by Crippen LogP contribution is 2.16. The fourth-order valence-corrected chi connectivity index (χ4v) is 2.11. The fourth-order valence-electron chi connectivity index (χ4n) is 2.11. The molecule has 0 heterocycles. The molecule has 100 valence electrons. The second-order valence-corrected chi connectivity index (χ2v) is 5.05. The van der Waals surface area contributed by atoms with Crippen LogP contribution in [-0.2, 0) is 4.79 Å². The Kier molecular flexibility index (Phi) is 5.35. The number of carbonyl (C=O) groups is 1. The molecule has 0 aromatic heterocycles. The summed E-state index contributed by atoms with van der Waals surface area (Å²) in [5.41, 5.74) is 9.36. The van der Waals surface area contributed by atoms with Gasteiger partial charge in [-0.25, -0.2) is 0 Å². The zero-order valence-electron chi connectivity index (χ0n) is 11.8. The maximum absolute atomic E-state index is 11.9. The van der Waals surface area contributed by atoms with Crippen LogP contribution in [0.3, 0.4) is 0 Å². The first-order valence-electron chi connectivity index (χ1n) is 6.58. The van der Waals surface area contributed by atoms with Gasteiger partial charge in [0.05, 0.1) is 12.1 Å². The summed E-state index contributed by atoms with van der Waals surface area (Å²) < 4.78 is 0. The van der Waals surface area contributed by atoms with E-state index in [4.69, 9.17) is 5.73 Å². The normalized spacial score (nSPS) is 14.1. The van der Waals surface area contributed by atoms with Crippen LogP contribution in [0.2, 0.25) is 0 Å². The Morgan fingerprint density at radius 1 is 1.28 bits per heavy atom. The number of rotatable bonds is 5. The zero-order chi connectivity index (χ0) is 13.7. The minimum atomic E-state index is -0.400. The summed E-state index contributed by atoms with van der Waals surface area (Å²) in [4.78, 5) is 11.9. The molecule has 1 amide bonds. The number of hydrogen-bond donors (Lipinski definition) is 2. The molecule has 0 fully saturated rings. The lowest BCUT2D eigenvalue weighted by Gasteiger charge is -2.18. The van der Waals surface area contributed by atoms with Crippen molar-refractivity contribution in [2.75, 3.05) is 0 Å². The molecule has 0 bridgehead atoms. The smallest absolute Gasteiger partial charge is 0.237 e. The standard InChI is InChI=1S/C15H24N2O/c1-5-6-14(16)15(18)17-12(4)13-8-10(2)7-11(3)9-13/h7-9,12,14H,5-6,16H2,1-4H3,(H,17,18). The first-order valence-corrected chi connectivity index (χ1v) is 6.58. The van der Waals surface area contributed by atoms with Crippen LogP contribution in [0.1, 0.15) is 49.4 Å². The summed E-state index contributed by atoms with van der Waals surface area (Å²) >= 11 is 0. The van der Waals surface area contributed by atoms with Gasteiger partial charge in [0.25, 0.3) is 0 Å². The van der Waals surface area contributed by atoms with Crippen LogP contribution in [0, 0.1) is 13.8 Å². The predicted molar refractivity (Wildman–Crippen MR) is 75.4 cm³/mol. The molecule has 1 aromatic rings. The third kappa shape index (κ3) is 4.15. The van der Waals surface area contributed by atoms with Crippen molar-refractivity contribution in [3.05, 3.63) is 34.9 Å². The molecule has 1 aromatic carbocycles. The van der Waals surface area contributed by atoms with Crippen molar-refractivity contribution in [2.24, 2.45) is 5.73 Å². The Labute approximate surface area is 110 Å². The SMILES string of the molecule is CCCC(N)C(=O)NC(C)c1cc(C)cc(C)c1. The Morgan fingerprint density at radius 2 is 1.83 bits per heavy atom. The highest BCUT2D eigenvalue weighted by Gasteiger charge is 2.15. The van der Waals surface area contributed by atoms with Gasteiger partial charge in [-0.15, -0.1) is 0 Å². The van der Waals surface area contributed by atoms with Crippen molar-refractivity contribution >= 4 is 5.91 Å². The number of amides is 1. The zero-order valence-corrected chi connectivity index (χ0v) is 11.8. The number of benzene rings is 1. The summed E-state index contributed by atoms with van der Waals surface area (Å²) in [7, 11) is 0. The minimum Gasteiger partial charge on any atom is -0.348 e. The second kappa shape index (κ2) is 6.55. The van der Waals surface area contributed by atoms with Crippen LogP contribution in [0.15, 0.2) is 18.2 Å². The van der Waals surface area contributed by atoms with E-state index in [0.717, 1.165) is 18.4 Å². The Hall–Kier alpha value is -1.35. The van der Waals surface area contributed by atoms with Crippen LogP contribution in [0.4, 0.5) is 0 Å². The van der Waals surface area contributed by atoms with Crippen LogP contribution < -0.4 is 11.1 Å². The quantitative estimate of drug-likeness (QED) is 0.841. The van der Waals surface area contributed by atoms with E-state index < -0.39 is 6.04 Å². The van der Waals surface area contributed by atoms with E-state index in [0.29, 0.717) is 0 Å². The summed E-state index contributed by atoms with van der Waals surface area (Å²) in [5.74, 6) is -0.0662. The summed E-state index contributed by atoms with van der Waals surface area (Å²) in [6.45, 7) is 8.15. The van der Waals surface area contributed by atoms with E-state index in [1.54, 1.807) is 0 Å². The van der Waals surface area contributed by atoms with Gasteiger partial charge in [0.2, 0.25) is 5.91 Å². The van der Waals surface area contributed by atoms with Crippen LogP contribution in [0.25, 0.3) is 0 Å². The lowest BCUT2D eigenvalue weighted by atomic mass is 10.0. The first kappa shape index (κ1) is 14.7. The molecule has 0 aliphatic rings. The van der Waals surface area contributed by atoms with Gasteiger partial charge in [-0.1, -0.05) is 42.7 Å². The molecule has 0 spiro atoms. The fraction of sp³-hybridized carbons (Fsp3) is 0.533. The van der Waals surface area contributed by atoms with Crippen molar-refractivity contribution in [3.63, 3.8) is 0 Å². The van der Waals surface area contributed by atoms with Crippen LogP contribution in [0.5, 0.6) is 0 Å². The molecule has 3 N–H and O–H groups in total. The minimum absolute atomic E-state index is 0.000920. The lowest BCUT2D eigenvalue weighted by molar-refractivity contribution is -0.123. The van der Waals surface area contributed by atoms with Gasteiger partial charge in [0.1, 0.15) is 0 Å². The van der Waals surface area contributed by atoms with Gasteiger partial charge in [-0.05, 0) is 32.8 Å². The summed E-state index contributed by atoms with van der Waals surface area (Å²) in [6.07, 6.45) is 1.65. The molecular weight excluding hydrogens is 224 g/mol. The van der Waals surface area contributed by atoms with Crippen LogP contribution in [-0.4, -0.2) is 11.9 Å². The second-order valence-electron chi connectivity index (χ2n) is 5.05. The van der Waals surface area contributed by atoms with Crippen molar-refractivity contribution in [1.29, 1.82) is 0 Å². The molecule has 1 rings (SSSR count). The van der Waals surface area contributed by atoms with E-state index in [1.165, 1.54) is 11.1 Å². The van der Waals surface area contributed by atoms with Crippen molar-refractivity contribution < 1.29 is 4.79 Å². The number of aryl methyl sites for hydroxylation is 2. The molecular formula is C15H24N2O. The molecule has 2 atom stereocenters. The number of nitrogens with one attached hydrogen (secondary N) is 1. The van der Waals surface area contributed by atoms with Crippen molar-refractivity contribution in [1.82, 2.24) is 5.32 Å². The van der Waals surface area contributed by atoms with Gasteiger partial charge in [0, 0.05) is 0 Å². The Balaban J connectivity index is 2.70. The van der Waals surface area contributed by atoms with Gasteiger partial charge < -0.3 is 11.1 Å². The molecule has 0 aliphatic heterocycles. The van der Waals surface area contributed by atoms with Gasteiger partial charge in [-0.3, -0.25) is 4.79 Å². The van der Waals surface area contributed by atoms with Crippen molar-refractivity contribution in [2.45, 2.75) is 52.6 Å². The molecule has 0 radical (unpaired) electrons. The van der Waals surface area contributed by atoms with Crippen LogP contribution >= 0.6 is 0 Å². The third-order valence-corrected chi connectivity index (χ3v) is 3.04. The third-order valence-electron chi connectivity index (χ3n) is 3.04. The first-order chi connectivity index (χ1) is 8.43. The average Bonchev–Trinajstić information content (AvgIpc) is 2.27. The molecule has 0 saturated heterocycles.